The second-order valence-electron chi connectivity index (χ2n) is 7.72. The Bertz CT molecular complexity index is 710. The molecule has 0 aromatic heterocycles. The summed E-state index contributed by atoms with van der Waals surface area (Å²) < 4.78 is 5.97. The first-order valence-electron chi connectivity index (χ1n) is 10.6. The molecule has 2 aliphatic rings. The highest BCUT2D eigenvalue weighted by Crippen LogP contribution is 2.33. The van der Waals surface area contributed by atoms with Crippen molar-refractivity contribution < 1.29 is 19.1 Å². The lowest BCUT2D eigenvalue weighted by Crippen LogP contribution is -2.50. The molecule has 1 fully saturated rings. The number of allylic oxidation sites excluding steroid dienone is 4. The van der Waals surface area contributed by atoms with Crippen molar-refractivity contribution in [3.63, 3.8) is 0 Å². The average Bonchev–Trinajstić information content (AvgIpc) is 3.54. The van der Waals surface area contributed by atoms with Crippen LogP contribution in [0.5, 0.6) is 0 Å². The molecule has 8 nitrogen and oxygen atoms in total. The number of hydrogen-bond donors (Lipinski definition) is 3. The standard InChI is InChI=1S/C22H34N4O4/c1-4-5-6-7-18-16(2)10-11-23-19(27)14-25-20(28)15-26(3)22(29)21(17-8-9-17)24-12-13-30-18/h4-7,17,21,24H,8-15H2,1-3H3,(H,23,27)(H,25,28)/b5-4-,7-6-,18-16-. The lowest BCUT2D eigenvalue weighted by atomic mass is 10.1. The number of rotatable bonds is 3. The number of amides is 3. The van der Waals surface area contributed by atoms with Crippen LogP contribution in [0.3, 0.4) is 0 Å². The van der Waals surface area contributed by atoms with Gasteiger partial charge < -0.3 is 25.6 Å². The molecule has 0 radical (unpaired) electrons. The predicted octanol–water partition coefficient (Wildman–Crippen LogP) is 0.872. The molecular formula is C22H34N4O4. The molecule has 0 spiro atoms. The Labute approximate surface area is 178 Å². The van der Waals surface area contributed by atoms with E-state index in [1.165, 1.54) is 4.90 Å². The number of ether oxygens (including phenoxy) is 1. The topological polar surface area (TPSA) is 99.8 Å². The smallest absolute Gasteiger partial charge is 0.240 e. The SMILES string of the molecule is C\C=C/C=C\C1=C(/C)CCNC(=O)CNC(=O)CN(C)C(=O)C(C2CC2)NCCO1. The molecule has 0 saturated heterocycles. The molecule has 1 atom stereocenters. The van der Waals surface area contributed by atoms with E-state index in [1.807, 2.05) is 38.2 Å². The molecule has 3 amide bonds. The molecule has 1 aliphatic carbocycles. The van der Waals surface area contributed by atoms with Gasteiger partial charge in [0.15, 0.2) is 0 Å². The summed E-state index contributed by atoms with van der Waals surface area (Å²) >= 11 is 0. The van der Waals surface area contributed by atoms with Gasteiger partial charge in [0.05, 0.1) is 19.1 Å². The van der Waals surface area contributed by atoms with Crippen molar-refractivity contribution >= 4 is 17.7 Å². The Kier molecular flexibility index (Phi) is 9.60. The third kappa shape index (κ3) is 8.02. The van der Waals surface area contributed by atoms with Crippen molar-refractivity contribution in [2.45, 2.75) is 39.2 Å². The first-order chi connectivity index (χ1) is 14.4. The fraction of sp³-hybridized carbons (Fsp3) is 0.591. The highest BCUT2D eigenvalue weighted by molar-refractivity contribution is 5.89. The van der Waals surface area contributed by atoms with E-state index in [1.54, 1.807) is 7.05 Å². The summed E-state index contributed by atoms with van der Waals surface area (Å²) in [4.78, 5) is 38.3. The van der Waals surface area contributed by atoms with Gasteiger partial charge in [-0.15, -0.1) is 0 Å². The largest absolute Gasteiger partial charge is 0.492 e. The third-order valence-corrected chi connectivity index (χ3v) is 5.08. The molecule has 1 heterocycles. The minimum atomic E-state index is -0.351. The maximum Gasteiger partial charge on any atom is 0.240 e. The lowest BCUT2D eigenvalue weighted by Gasteiger charge is -2.24. The van der Waals surface area contributed by atoms with Crippen LogP contribution in [0, 0.1) is 5.92 Å². The number of hydrogen-bond acceptors (Lipinski definition) is 5. The second-order valence-corrected chi connectivity index (χ2v) is 7.72. The first-order valence-corrected chi connectivity index (χ1v) is 10.6. The van der Waals surface area contributed by atoms with Crippen LogP contribution in [0.15, 0.2) is 35.6 Å². The summed E-state index contributed by atoms with van der Waals surface area (Å²) in [5.74, 6) is 0.325. The average molecular weight is 419 g/mol. The van der Waals surface area contributed by atoms with Crippen molar-refractivity contribution in [1.29, 1.82) is 0 Å². The Morgan fingerprint density at radius 2 is 1.83 bits per heavy atom. The molecule has 2 rings (SSSR count). The van der Waals surface area contributed by atoms with Crippen LogP contribution in [0.25, 0.3) is 0 Å². The second kappa shape index (κ2) is 12.2. The van der Waals surface area contributed by atoms with Crippen LogP contribution in [0.4, 0.5) is 0 Å². The van der Waals surface area contributed by atoms with Crippen molar-refractivity contribution in [2.75, 3.05) is 39.8 Å². The van der Waals surface area contributed by atoms with Crippen molar-refractivity contribution in [3.05, 3.63) is 35.6 Å². The van der Waals surface area contributed by atoms with E-state index < -0.39 is 0 Å². The van der Waals surface area contributed by atoms with E-state index in [4.69, 9.17) is 4.74 Å². The number of likely N-dealkylation sites (N-methyl/N-ethyl adjacent to an activating group) is 1. The molecule has 0 aromatic rings. The third-order valence-electron chi connectivity index (χ3n) is 5.08. The monoisotopic (exact) mass is 418 g/mol. The van der Waals surface area contributed by atoms with Gasteiger partial charge >= 0.3 is 0 Å². The molecule has 0 bridgehead atoms. The summed E-state index contributed by atoms with van der Waals surface area (Å²) in [6.07, 6.45) is 10.3. The van der Waals surface area contributed by atoms with Crippen LogP contribution >= 0.6 is 0 Å². The molecule has 30 heavy (non-hydrogen) atoms. The van der Waals surface area contributed by atoms with E-state index in [0.717, 1.165) is 24.2 Å². The Morgan fingerprint density at radius 1 is 1.07 bits per heavy atom. The Hall–Kier alpha value is -2.61. The van der Waals surface area contributed by atoms with E-state index in [0.29, 0.717) is 32.0 Å². The van der Waals surface area contributed by atoms with Gasteiger partial charge in [-0.1, -0.05) is 18.2 Å². The van der Waals surface area contributed by atoms with Crippen molar-refractivity contribution in [1.82, 2.24) is 20.9 Å². The molecule has 1 unspecified atom stereocenters. The fourth-order valence-electron chi connectivity index (χ4n) is 3.17. The zero-order valence-electron chi connectivity index (χ0n) is 18.2. The number of carbonyl (C=O) groups excluding carboxylic acids is 3. The van der Waals surface area contributed by atoms with Crippen LogP contribution in [0.2, 0.25) is 0 Å². The summed E-state index contributed by atoms with van der Waals surface area (Å²) in [7, 11) is 1.61. The van der Waals surface area contributed by atoms with Crippen molar-refractivity contribution in [2.24, 2.45) is 5.92 Å². The van der Waals surface area contributed by atoms with Crippen LogP contribution in [0.1, 0.15) is 33.1 Å². The quantitative estimate of drug-likeness (QED) is 0.591. The predicted molar refractivity (Wildman–Crippen MR) is 115 cm³/mol. The number of nitrogens with one attached hydrogen (secondary N) is 3. The molecule has 1 saturated carbocycles. The van der Waals surface area contributed by atoms with E-state index >= 15 is 0 Å². The van der Waals surface area contributed by atoms with Crippen molar-refractivity contribution in [3.8, 4) is 0 Å². The summed E-state index contributed by atoms with van der Waals surface area (Å²) in [5.41, 5.74) is 1.01. The Morgan fingerprint density at radius 3 is 2.53 bits per heavy atom. The summed E-state index contributed by atoms with van der Waals surface area (Å²) in [6, 6.07) is -0.322. The van der Waals surface area contributed by atoms with Crippen LogP contribution in [-0.4, -0.2) is 68.5 Å². The van der Waals surface area contributed by atoms with Gasteiger partial charge in [0.2, 0.25) is 17.7 Å². The first kappa shape index (κ1) is 23.7. The van der Waals surface area contributed by atoms with Gasteiger partial charge in [-0.05, 0) is 50.7 Å². The molecule has 166 valence electrons. The molecule has 0 aromatic carbocycles. The minimum Gasteiger partial charge on any atom is -0.492 e. The van der Waals surface area contributed by atoms with Crippen LogP contribution < -0.4 is 16.0 Å². The zero-order chi connectivity index (χ0) is 21.9. The van der Waals surface area contributed by atoms with Gasteiger partial charge in [-0.2, -0.15) is 0 Å². The minimum absolute atomic E-state index is 0.0753. The maximum atomic E-state index is 12.8. The van der Waals surface area contributed by atoms with E-state index in [2.05, 4.69) is 16.0 Å². The summed E-state index contributed by atoms with van der Waals surface area (Å²) in [5, 5.41) is 8.67. The highest BCUT2D eigenvalue weighted by atomic mass is 16.5. The van der Waals surface area contributed by atoms with E-state index in [9.17, 15) is 14.4 Å². The maximum absolute atomic E-state index is 12.8. The van der Waals surface area contributed by atoms with E-state index in [-0.39, 0.29) is 36.9 Å². The molecule has 8 heteroatoms. The van der Waals surface area contributed by atoms with Gasteiger partial charge in [0.1, 0.15) is 12.4 Å². The zero-order valence-corrected chi connectivity index (χ0v) is 18.2. The lowest BCUT2D eigenvalue weighted by molar-refractivity contribution is -0.137. The van der Waals surface area contributed by atoms with Crippen LogP contribution in [-0.2, 0) is 19.1 Å². The molecular weight excluding hydrogens is 384 g/mol. The van der Waals surface area contributed by atoms with Gasteiger partial charge in [0, 0.05) is 20.1 Å². The van der Waals surface area contributed by atoms with Gasteiger partial charge in [-0.3, -0.25) is 14.4 Å². The number of nitrogens with zero attached hydrogens (tertiary/aromatic N) is 1. The normalized spacial score (nSPS) is 26.4. The van der Waals surface area contributed by atoms with Gasteiger partial charge in [-0.25, -0.2) is 0 Å². The molecule has 3 N–H and O–H groups in total. The Balaban J connectivity index is 2.11. The fourth-order valence-corrected chi connectivity index (χ4v) is 3.17. The molecule has 1 aliphatic heterocycles. The highest BCUT2D eigenvalue weighted by Gasteiger charge is 2.37. The van der Waals surface area contributed by atoms with Gasteiger partial charge in [0.25, 0.3) is 0 Å². The summed E-state index contributed by atoms with van der Waals surface area (Å²) in [6.45, 7) is 5.12. The number of carbonyl (C=O) groups is 3.